The number of hydrogen-bond acceptors (Lipinski definition) is 5. The molecule has 15 rings (SSSR count). The largest absolute Gasteiger partial charge is 0.456 e. The van der Waals surface area contributed by atoms with Crippen LogP contribution in [-0.4, -0.2) is 19.5 Å². The Hall–Kier alpha value is -10.2. The zero-order valence-corrected chi connectivity index (χ0v) is 40.4. The van der Waals surface area contributed by atoms with Crippen molar-refractivity contribution in [2.24, 2.45) is 0 Å². The second-order valence-electron chi connectivity index (χ2n) is 19.1. The van der Waals surface area contributed by atoms with E-state index in [4.69, 9.17) is 23.8 Å². The van der Waals surface area contributed by atoms with Gasteiger partial charge in [0.25, 0.3) is 0 Å². The van der Waals surface area contributed by atoms with E-state index in [1.807, 2.05) is 66.7 Å². The van der Waals surface area contributed by atoms with Crippen LogP contribution in [0.1, 0.15) is 0 Å². The summed E-state index contributed by atoms with van der Waals surface area (Å²) in [5.41, 5.74) is 18.3. The molecule has 11 aromatic carbocycles. The molecule has 75 heavy (non-hydrogen) atoms. The molecule has 0 N–H and O–H groups in total. The van der Waals surface area contributed by atoms with Crippen LogP contribution in [0.5, 0.6) is 0 Å². The van der Waals surface area contributed by atoms with E-state index in [-0.39, 0.29) is 0 Å². The summed E-state index contributed by atoms with van der Waals surface area (Å²) in [5.74, 6) is 1.86. The highest BCUT2D eigenvalue weighted by molar-refractivity contribution is 6.17. The molecule has 0 unspecified atom stereocenters. The van der Waals surface area contributed by atoms with E-state index in [9.17, 15) is 0 Å². The molecule has 0 fully saturated rings. The Morgan fingerprint density at radius 2 is 0.747 bits per heavy atom. The molecule has 15 aromatic rings. The monoisotopic (exact) mass is 958 g/mol. The van der Waals surface area contributed by atoms with Crippen molar-refractivity contribution in [2.45, 2.75) is 0 Å². The molecule has 0 aliphatic rings. The first-order valence-corrected chi connectivity index (χ1v) is 25.2. The van der Waals surface area contributed by atoms with Crippen molar-refractivity contribution < 1.29 is 8.83 Å². The molecule has 0 saturated heterocycles. The molecule has 0 spiro atoms. The van der Waals surface area contributed by atoms with Gasteiger partial charge in [0.1, 0.15) is 22.3 Å². The maximum atomic E-state index is 6.86. The van der Waals surface area contributed by atoms with Gasteiger partial charge in [-0.3, -0.25) is 0 Å². The van der Waals surface area contributed by atoms with Crippen LogP contribution in [0.2, 0.25) is 0 Å². The summed E-state index contributed by atoms with van der Waals surface area (Å²) in [5, 5.41) is 6.69. The lowest BCUT2D eigenvalue weighted by Gasteiger charge is -2.12. The number of nitrogens with zero attached hydrogens (tertiary/aromatic N) is 4. The maximum absolute atomic E-state index is 6.86. The summed E-state index contributed by atoms with van der Waals surface area (Å²) in [6.07, 6.45) is 0. The molecule has 0 atom stereocenters. The van der Waals surface area contributed by atoms with Gasteiger partial charge < -0.3 is 13.4 Å². The average Bonchev–Trinajstić information content (AvgIpc) is 4.18. The third-order valence-electron chi connectivity index (χ3n) is 14.7. The molecule has 0 amide bonds. The first-order chi connectivity index (χ1) is 37.1. The van der Waals surface area contributed by atoms with Gasteiger partial charge in [0.15, 0.2) is 17.5 Å². The van der Waals surface area contributed by atoms with Gasteiger partial charge in [-0.1, -0.05) is 182 Å². The Morgan fingerprint density at radius 3 is 1.49 bits per heavy atom. The number of benzene rings is 11. The molecule has 0 radical (unpaired) electrons. The van der Waals surface area contributed by atoms with E-state index in [0.29, 0.717) is 17.5 Å². The average molecular weight is 959 g/mol. The third-order valence-corrected chi connectivity index (χ3v) is 14.7. The highest BCUT2D eigenvalue weighted by Gasteiger charge is 2.21. The van der Waals surface area contributed by atoms with Gasteiger partial charge in [-0.05, 0) is 112 Å². The van der Waals surface area contributed by atoms with Gasteiger partial charge in [-0.2, -0.15) is 0 Å². The van der Waals surface area contributed by atoms with E-state index >= 15 is 0 Å². The summed E-state index contributed by atoms with van der Waals surface area (Å²) < 4.78 is 15.8. The van der Waals surface area contributed by atoms with Crippen LogP contribution < -0.4 is 0 Å². The number of furan rings is 2. The molecule has 0 aliphatic carbocycles. The summed E-state index contributed by atoms with van der Waals surface area (Å²) in [6.45, 7) is 0. The Bertz CT molecular complexity index is 4650. The first kappa shape index (κ1) is 42.5. The Labute approximate surface area is 431 Å². The molecular formula is C69H42N4O2. The molecule has 4 heterocycles. The van der Waals surface area contributed by atoms with Crippen LogP contribution in [0, 0.1) is 0 Å². The lowest BCUT2D eigenvalue weighted by atomic mass is 9.92. The number of fused-ring (bicyclic) bond motifs is 9. The minimum absolute atomic E-state index is 0.606. The van der Waals surface area contributed by atoms with Crippen LogP contribution in [0.15, 0.2) is 264 Å². The van der Waals surface area contributed by atoms with Gasteiger partial charge in [0.05, 0.1) is 11.0 Å². The second-order valence-corrected chi connectivity index (χ2v) is 19.1. The lowest BCUT2D eigenvalue weighted by molar-refractivity contribution is 0.669. The van der Waals surface area contributed by atoms with Crippen molar-refractivity contribution >= 4 is 65.7 Å². The van der Waals surface area contributed by atoms with Crippen LogP contribution in [-0.2, 0) is 0 Å². The summed E-state index contributed by atoms with van der Waals surface area (Å²) in [7, 11) is 0. The van der Waals surface area contributed by atoms with Crippen LogP contribution >= 0.6 is 0 Å². The van der Waals surface area contributed by atoms with E-state index < -0.39 is 0 Å². The van der Waals surface area contributed by atoms with Gasteiger partial charge >= 0.3 is 0 Å². The lowest BCUT2D eigenvalue weighted by Crippen LogP contribution is -2.00. The molecule has 4 aromatic heterocycles. The highest BCUT2D eigenvalue weighted by Crippen LogP contribution is 2.44. The number of hydrogen-bond donors (Lipinski definition) is 0. The molecule has 0 saturated carbocycles. The molecule has 6 nitrogen and oxygen atoms in total. The van der Waals surface area contributed by atoms with Crippen molar-refractivity contribution in [3.63, 3.8) is 0 Å². The number of aromatic nitrogens is 4. The fourth-order valence-corrected chi connectivity index (χ4v) is 11.1. The standard InChI is InChI=1S/C69H42N4O2/c1-4-16-43(17-5-1)47-30-35-61-57(40-47)55-26-10-12-28-60(55)73(61)52-32-37-64-59(42-52)58-41-48(31-36-63(58)74-64)46-22-14-24-50(38-46)54-34-33-53(65-56-27-11-13-29-62(56)75-66(54)65)49-23-15-25-51(39-49)69-71-67(44-18-6-2-7-19-44)70-68(72-69)45-20-8-3-9-21-45/h1-42H. The minimum Gasteiger partial charge on any atom is -0.456 e. The van der Waals surface area contributed by atoms with Gasteiger partial charge in [-0.15, -0.1) is 0 Å². The topological polar surface area (TPSA) is 69.9 Å². The molecule has 0 bridgehead atoms. The van der Waals surface area contributed by atoms with E-state index in [0.717, 1.165) is 111 Å². The summed E-state index contributed by atoms with van der Waals surface area (Å²) in [4.78, 5) is 15.0. The zero-order valence-electron chi connectivity index (χ0n) is 40.4. The van der Waals surface area contributed by atoms with Crippen molar-refractivity contribution in [2.75, 3.05) is 0 Å². The SMILES string of the molecule is c1ccc(-c2ccc3c(c2)c2ccccc2n3-c2ccc3oc4ccc(-c5cccc(-c6ccc(-c7cccc(-c8nc(-c9ccccc9)nc(-c9ccccc9)n8)c7)c7c6oc6ccccc67)c5)cc4c3c2)cc1. The quantitative estimate of drug-likeness (QED) is 0.152. The zero-order chi connectivity index (χ0) is 49.4. The molecule has 6 heteroatoms. The number of para-hydroxylation sites is 2. The molecular weight excluding hydrogens is 917 g/mol. The minimum atomic E-state index is 0.606. The van der Waals surface area contributed by atoms with Gasteiger partial charge in [-0.25, -0.2) is 15.0 Å². The fraction of sp³-hybridized carbons (Fsp3) is 0. The summed E-state index contributed by atoms with van der Waals surface area (Å²) in [6, 6.07) is 89.4. The Balaban J connectivity index is 0.817. The van der Waals surface area contributed by atoms with Crippen molar-refractivity contribution in [3.05, 3.63) is 255 Å². The highest BCUT2D eigenvalue weighted by atomic mass is 16.3. The van der Waals surface area contributed by atoms with E-state index in [2.05, 4.69) is 193 Å². The smallest absolute Gasteiger partial charge is 0.164 e. The maximum Gasteiger partial charge on any atom is 0.164 e. The predicted octanol–water partition coefficient (Wildman–Crippen LogP) is 18.4. The van der Waals surface area contributed by atoms with Crippen LogP contribution in [0.25, 0.3) is 150 Å². The molecule has 0 aliphatic heterocycles. The van der Waals surface area contributed by atoms with Gasteiger partial charge in [0, 0.05) is 60.3 Å². The second kappa shape index (κ2) is 17.3. The molecule has 350 valence electrons. The fourth-order valence-electron chi connectivity index (χ4n) is 11.1. The summed E-state index contributed by atoms with van der Waals surface area (Å²) >= 11 is 0. The normalized spacial score (nSPS) is 11.7. The first-order valence-electron chi connectivity index (χ1n) is 25.2. The van der Waals surface area contributed by atoms with Crippen molar-refractivity contribution in [3.8, 4) is 84.4 Å². The van der Waals surface area contributed by atoms with Crippen LogP contribution in [0.4, 0.5) is 0 Å². The van der Waals surface area contributed by atoms with E-state index in [1.165, 1.54) is 21.9 Å². The Kier molecular flexibility index (Phi) is 9.78. The van der Waals surface area contributed by atoms with Gasteiger partial charge in [0.2, 0.25) is 0 Å². The van der Waals surface area contributed by atoms with E-state index in [1.54, 1.807) is 0 Å². The third kappa shape index (κ3) is 7.22. The predicted molar refractivity (Wildman–Crippen MR) is 307 cm³/mol. The Morgan fingerprint density at radius 1 is 0.267 bits per heavy atom. The number of rotatable bonds is 8. The van der Waals surface area contributed by atoms with Crippen LogP contribution in [0.3, 0.4) is 0 Å². The van der Waals surface area contributed by atoms with Crippen molar-refractivity contribution in [1.82, 2.24) is 19.5 Å². The van der Waals surface area contributed by atoms with Crippen molar-refractivity contribution in [1.29, 1.82) is 0 Å².